The molecule has 0 fully saturated rings. The summed E-state index contributed by atoms with van der Waals surface area (Å²) in [6.45, 7) is 1.64. The van der Waals surface area contributed by atoms with Gasteiger partial charge in [0.25, 0.3) is 5.91 Å². The highest BCUT2D eigenvalue weighted by atomic mass is 35.5. The number of nitriles is 1. The summed E-state index contributed by atoms with van der Waals surface area (Å²) in [4.78, 5) is 14.0. The molecule has 6 heteroatoms. The number of anilines is 1. The van der Waals surface area contributed by atoms with Crippen LogP contribution in [0.5, 0.6) is 0 Å². The van der Waals surface area contributed by atoms with E-state index in [9.17, 15) is 4.79 Å². The molecule has 5 nitrogen and oxygen atoms in total. The Balaban J connectivity index is 2.54. The zero-order valence-corrected chi connectivity index (χ0v) is 12.9. The SMILES string of the molecule is CN(C)CCCN/C=C(/C#N)C(=O)Nc1ccccc1Cl. The highest BCUT2D eigenvalue weighted by Gasteiger charge is 2.10. The average molecular weight is 307 g/mol. The molecule has 0 atom stereocenters. The lowest BCUT2D eigenvalue weighted by Crippen LogP contribution is -2.20. The Hall–Kier alpha value is -2.03. The number of hydrogen-bond acceptors (Lipinski definition) is 4. The van der Waals surface area contributed by atoms with Crippen LogP contribution in [0, 0.1) is 11.3 Å². The van der Waals surface area contributed by atoms with E-state index >= 15 is 0 Å². The number of halogens is 1. The quantitative estimate of drug-likeness (QED) is 0.460. The maximum absolute atomic E-state index is 12.0. The van der Waals surface area contributed by atoms with Gasteiger partial charge in [0.2, 0.25) is 0 Å². The number of rotatable bonds is 7. The van der Waals surface area contributed by atoms with Crippen LogP contribution in [0.4, 0.5) is 5.69 Å². The van der Waals surface area contributed by atoms with Crippen LogP contribution in [-0.4, -0.2) is 38.0 Å². The molecule has 0 aliphatic carbocycles. The van der Waals surface area contributed by atoms with Gasteiger partial charge >= 0.3 is 0 Å². The lowest BCUT2D eigenvalue weighted by molar-refractivity contribution is -0.112. The third kappa shape index (κ3) is 6.30. The van der Waals surface area contributed by atoms with Crippen LogP contribution in [0.1, 0.15) is 6.42 Å². The van der Waals surface area contributed by atoms with E-state index in [0.717, 1.165) is 13.0 Å². The fraction of sp³-hybridized carbons (Fsp3) is 0.333. The zero-order chi connectivity index (χ0) is 15.7. The smallest absolute Gasteiger partial charge is 0.267 e. The molecule has 0 heterocycles. The van der Waals surface area contributed by atoms with Gasteiger partial charge in [-0.25, -0.2) is 0 Å². The standard InChI is InChI=1S/C15H19ClN4O/c1-20(2)9-5-8-18-11-12(10-17)15(21)19-14-7-4-3-6-13(14)16/h3-4,6-7,11,18H,5,8-9H2,1-2H3,(H,19,21)/b12-11-. The van der Waals surface area contributed by atoms with Gasteiger partial charge < -0.3 is 15.5 Å². The highest BCUT2D eigenvalue weighted by Crippen LogP contribution is 2.20. The van der Waals surface area contributed by atoms with Crippen LogP contribution in [0.3, 0.4) is 0 Å². The van der Waals surface area contributed by atoms with E-state index in [0.29, 0.717) is 17.3 Å². The number of carbonyl (C=O) groups excluding carboxylic acids is 1. The monoisotopic (exact) mass is 306 g/mol. The summed E-state index contributed by atoms with van der Waals surface area (Å²) in [6, 6.07) is 8.76. The minimum Gasteiger partial charge on any atom is -0.390 e. The first-order valence-corrected chi connectivity index (χ1v) is 6.96. The molecule has 21 heavy (non-hydrogen) atoms. The second kappa shape index (κ2) is 9.01. The van der Waals surface area contributed by atoms with Gasteiger partial charge in [-0.1, -0.05) is 23.7 Å². The van der Waals surface area contributed by atoms with Gasteiger partial charge in [-0.3, -0.25) is 4.79 Å². The Labute approximate surface area is 130 Å². The second-order valence-corrected chi connectivity index (χ2v) is 5.12. The fourth-order valence-electron chi connectivity index (χ4n) is 1.57. The molecule has 1 aromatic carbocycles. The summed E-state index contributed by atoms with van der Waals surface area (Å²) < 4.78 is 0. The van der Waals surface area contributed by atoms with E-state index in [-0.39, 0.29) is 5.57 Å². The largest absolute Gasteiger partial charge is 0.390 e. The number of para-hydroxylation sites is 1. The first kappa shape index (κ1) is 17.0. The van der Waals surface area contributed by atoms with Crippen LogP contribution < -0.4 is 10.6 Å². The van der Waals surface area contributed by atoms with Gasteiger partial charge in [0.05, 0.1) is 10.7 Å². The predicted octanol–water partition coefficient (Wildman–Crippen LogP) is 2.23. The molecule has 0 spiro atoms. The van der Waals surface area contributed by atoms with E-state index in [1.54, 1.807) is 24.3 Å². The van der Waals surface area contributed by atoms with Gasteiger partial charge in [-0.05, 0) is 39.2 Å². The van der Waals surface area contributed by atoms with E-state index < -0.39 is 5.91 Å². The van der Waals surface area contributed by atoms with Crippen molar-refractivity contribution >= 4 is 23.2 Å². The molecule has 1 amide bonds. The van der Waals surface area contributed by atoms with Gasteiger partial charge in [0, 0.05) is 12.7 Å². The Morgan fingerprint density at radius 2 is 2.14 bits per heavy atom. The van der Waals surface area contributed by atoms with E-state index in [2.05, 4.69) is 15.5 Å². The van der Waals surface area contributed by atoms with Gasteiger partial charge in [-0.15, -0.1) is 0 Å². The maximum Gasteiger partial charge on any atom is 0.267 e. The minimum atomic E-state index is -0.481. The second-order valence-electron chi connectivity index (χ2n) is 4.71. The minimum absolute atomic E-state index is 0.0137. The zero-order valence-electron chi connectivity index (χ0n) is 12.2. The van der Waals surface area contributed by atoms with Crippen LogP contribution in [0.25, 0.3) is 0 Å². The molecule has 0 bridgehead atoms. The molecular formula is C15H19ClN4O. The van der Waals surface area contributed by atoms with Gasteiger partial charge in [0.1, 0.15) is 11.6 Å². The summed E-state index contributed by atoms with van der Waals surface area (Å²) in [5, 5.41) is 15.0. The summed E-state index contributed by atoms with van der Waals surface area (Å²) in [6.07, 6.45) is 2.36. The first-order chi connectivity index (χ1) is 10.0. The molecule has 0 saturated carbocycles. The van der Waals surface area contributed by atoms with E-state index in [1.165, 1.54) is 6.20 Å². The molecule has 0 saturated heterocycles. The Morgan fingerprint density at radius 1 is 1.43 bits per heavy atom. The van der Waals surface area contributed by atoms with Crippen molar-refractivity contribution < 1.29 is 4.79 Å². The summed E-state index contributed by atoms with van der Waals surface area (Å²) >= 11 is 5.95. The van der Waals surface area contributed by atoms with Crippen molar-refractivity contribution in [3.63, 3.8) is 0 Å². The molecular weight excluding hydrogens is 288 g/mol. The maximum atomic E-state index is 12.0. The number of benzene rings is 1. The number of nitrogens with one attached hydrogen (secondary N) is 2. The van der Waals surface area contributed by atoms with Crippen LogP contribution in [0.15, 0.2) is 36.0 Å². The number of nitrogens with zero attached hydrogens (tertiary/aromatic N) is 2. The first-order valence-electron chi connectivity index (χ1n) is 6.59. The van der Waals surface area contributed by atoms with Crippen molar-refractivity contribution in [2.75, 3.05) is 32.5 Å². The van der Waals surface area contributed by atoms with E-state index in [4.69, 9.17) is 16.9 Å². The lowest BCUT2D eigenvalue weighted by atomic mass is 10.2. The fourth-order valence-corrected chi connectivity index (χ4v) is 1.76. The van der Waals surface area contributed by atoms with Crippen molar-refractivity contribution in [2.45, 2.75) is 6.42 Å². The summed E-state index contributed by atoms with van der Waals surface area (Å²) in [5.41, 5.74) is 0.498. The molecule has 2 N–H and O–H groups in total. The Bertz CT molecular complexity index is 549. The molecule has 0 aromatic heterocycles. The third-order valence-corrected chi connectivity index (χ3v) is 2.99. The highest BCUT2D eigenvalue weighted by molar-refractivity contribution is 6.33. The molecule has 0 aliphatic rings. The lowest BCUT2D eigenvalue weighted by Gasteiger charge is -2.09. The molecule has 1 aromatic rings. The predicted molar refractivity (Wildman–Crippen MR) is 85.0 cm³/mol. The number of amides is 1. The average Bonchev–Trinajstić information content (AvgIpc) is 2.45. The van der Waals surface area contributed by atoms with Gasteiger partial charge in [0.15, 0.2) is 0 Å². The van der Waals surface area contributed by atoms with Crippen molar-refractivity contribution in [1.82, 2.24) is 10.2 Å². The van der Waals surface area contributed by atoms with Crippen molar-refractivity contribution in [1.29, 1.82) is 5.26 Å². The molecule has 1 rings (SSSR count). The summed E-state index contributed by atoms with van der Waals surface area (Å²) in [5.74, 6) is -0.481. The Morgan fingerprint density at radius 3 is 2.76 bits per heavy atom. The van der Waals surface area contributed by atoms with E-state index in [1.807, 2.05) is 20.2 Å². The number of hydrogen-bond donors (Lipinski definition) is 2. The van der Waals surface area contributed by atoms with Crippen molar-refractivity contribution in [2.24, 2.45) is 0 Å². The van der Waals surface area contributed by atoms with Crippen molar-refractivity contribution in [3.8, 4) is 6.07 Å². The van der Waals surface area contributed by atoms with Crippen LogP contribution in [0.2, 0.25) is 5.02 Å². The third-order valence-electron chi connectivity index (χ3n) is 2.66. The molecule has 0 radical (unpaired) electrons. The van der Waals surface area contributed by atoms with Crippen molar-refractivity contribution in [3.05, 3.63) is 41.1 Å². The van der Waals surface area contributed by atoms with Crippen LogP contribution in [-0.2, 0) is 4.79 Å². The molecule has 0 aliphatic heterocycles. The summed E-state index contributed by atoms with van der Waals surface area (Å²) in [7, 11) is 3.99. The normalized spacial score (nSPS) is 11.1. The van der Waals surface area contributed by atoms with Crippen LogP contribution >= 0.6 is 11.6 Å². The Kier molecular flexibility index (Phi) is 7.30. The molecule has 112 valence electrons. The molecule has 0 unspecified atom stereocenters. The topological polar surface area (TPSA) is 68.2 Å². The number of carbonyl (C=O) groups is 1. The van der Waals surface area contributed by atoms with Gasteiger partial charge in [-0.2, -0.15) is 5.26 Å².